The normalized spacial score (nSPS) is 26.0. The van der Waals surface area contributed by atoms with E-state index in [-0.39, 0.29) is 12.1 Å². The highest BCUT2D eigenvalue weighted by molar-refractivity contribution is 8.14. The van der Waals surface area contributed by atoms with Gasteiger partial charge in [0.15, 0.2) is 5.17 Å². The van der Waals surface area contributed by atoms with Gasteiger partial charge in [0.25, 0.3) is 0 Å². The number of amidine groups is 1. The fourth-order valence-corrected chi connectivity index (χ4v) is 6.14. The summed E-state index contributed by atoms with van der Waals surface area (Å²) >= 11 is 1.88. The highest BCUT2D eigenvalue weighted by atomic mass is 32.2. The molecule has 2 fully saturated rings. The predicted molar refractivity (Wildman–Crippen MR) is 120 cm³/mol. The van der Waals surface area contributed by atoms with Gasteiger partial charge in [-0.25, -0.2) is 0 Å². The van der Waals surface area contributed by atoms with Gasteiger partial charge in [-0.15, -0.1) is 0 Å². The van der Waals surface area contributed by atoms with E-state index < -0.39 is 0 Å². The van der Waals surface area contributed by atoms with Crippen LogP contribution in [0, 0.1) is 0 Å². The largest absolute Gasteiger partial charge is 0.495 e. The number of methoxy groups -OCH3 is 1. The van der Waals surface area contributed by atoms with E-state index in [2.05, 4.69) is 52.0 Å². The molecule has 0 amide bonds. The van der Waals surface area contributed by atoms with Gasteiger partial charge in [0.05, 0.1) is 24.5 Å². The molecule has 1 aromatic heterocycles. The van der Waals surface area contributed by atoms with Crippen molar-refractivity contribution in [2.75, 3.05) is 30.9 Å². The maximum absolute atomic E-state index is 5.85. The van der Waals surface area contributed by atoms with Gasteiger partial charge >= 0.3 is 0 Å². The zero-order valence-electron chi connectivity index (χ0n) is 17.1. The molecule has 2 aromatic rings. The number of nitrogens with zero attached hydrogens (tertiary/aromatic N) is 4. The average molecular weight is 409 g/mol. The zero-order chi connectivity index (χ0) is 19.8. The molecular formula is C23H28N4OS. The van der Waals surface area contributed by atoms with Crippen LogP contribution in [-0.2, 0) is 0 Å². The summed E-state index contributed by atoms with van der Waals surface area (Å²) < 4.78 is 5.85. The maximum atomic E-state index is 5.85. The van der Waals surface area contributed by atoms with Crippen molar-refractivity contribution in [1.29, 1.82) is 0 Å². The Kier molecular flexibility index (Phi) is 5.12. The maximum Gasteiger partial charge on any atom is 0.160 e. The van der Waals surface area contributed by atoms with Crippen LogP contribution in [0.1, 0.15) is 49.5 Å². The van der Waals surface area contributed by atoms with E-state index in [0.717, 1.165) is 36.7 Å². The van der Waals surface area contributed by atoms with E-state index in [1.807, 2.05) is 24.0 Å². The second-order valence-electron chi connectivity index (χ2n) is 7.96. The summed E-state index contributed by atoms with van der Waals surface area (Å²) in [6.45, 7) is 4.50. The van der Waals surface area contributed by atoms with Crippen LogP contribution in [0.2, 0.25) is 0 Å². The summed E-state index contributed by atoms with van der Waals surface area (Å²) in [6, 6.07) is 13.6. The van der Waals surface area contributed by atoms with Crippen molar-refractivity contribution >= 4 is 22.6 Å². The van der Waals surface area contributed by atoms with E-state index in [1.165, 1.54) is 29.3 Å². The second-order valence-corrected chi connectivity index (χ2v) is 8.95. The molecule has 3 atom stereocenters. The lowest BCUT2D eigenvalue weighted by atomic mass is 9.94. The third-order valence-electron chi connectivity index (χ3n) is 6.32. The molecule has 0 bridgehead atoms. The molecule has 0 radical (unpaired) electrons. The monoisotopic (exact) mass is 408 g/mol. The quantitative estimate of drug-likeness (QED) is 0.719. The lowest BCUT2D eigenvalue weighted by Crippen LogP contribution is -2.35. The van der Waals surface area contributed by atoms with Crippen molar-refractivity contribution in [2.24, 2.45) is 4.99 Å². The third-order valence-corrected chi connectivity index (χ3v) is 7.45. The van der Waals surface area contributed by atoms with Crippen molar-refractivity contribution < 1.29 is 4.74 Å². The Morgan fingerprint density at radius 3 is 2.76 bits per heavy atom. The molecule has 6 heteroatoms. The Bertz CT molecular complexity index is 897. The van der Waals surface area contributed by atoms with E-state index in [4.69, 9.17) is 9.73 Å². The smallest absolute Gasteiger partial charge is 0.160 e. The van der Waals surface area contributed by atoms with Crippen molar-refractivity contribution in [3.05, 3.63) is 53.9 Å². The summed E-state index contributed by atoms with van der Waals surface area (Å²) in [5.41, 5.74) is 3.52. The van der Waals surface area contributed by atoms with Gasteiger partial charge in [0, 0.05) is 31.1 Å². The molecule has 0 spiro atoms. The Balaban J connectivity index is 1.56. The van der Waals surface area contributed by atoms with E-state index >= 15 is 0 Å². The van der Waals surface area contributed by atoms with Crippen molar-refractivity contribution in [3.8, 4) is 5.75 Å². The highest BCUT2D eigenvalue weighted by Crippen LogP contribution is 2.49. The first-order chi connectivity index (χ1) is 14.3. The summed E-state index contributed by atoms with van der Waals surface area (Å²) in [4.78, 5) is 14.8. The topological polar surface area (TPSA) is 41.0 Å². The van der Waals surface area contributed by atoms with Crippen molar-refractivity contribution in [3.63, 3.8) is 0 Å². The number of ether oxygens (including phenoxy) is 1. The molecule has 1 aromatic carbocycles. The van der Waals surface area contributed by atoms with E-state index in [1.54, 1.807) is 7.11 Å². The molecule has 3 aliphatic rings. The number of anilines is 1. The van der Waals surface area contributed by atoms with Crippen LogP contribution in [0.4, 0.5) is 5.69 Å². The third kappa shape index (κ3) is 3.27. The number of hydrogen-bond acceptors (Lipinski definition) is 6. The number of pyridine rings is 1. The Labute approximate surface area is 177 Å². The average Bonchev–Trinajstić information content (AvgIpc) is 3.50. The Morgan fingerprint density at radius 1 is 1.17 bits per heavy atom. The van der Waals surface area contributed by atoms with Crippen LogP contribution >= 0.6 is 11.8 Å². The van der Waals surface area contributed by atoms with Crippen LogP contribution in [0.5, 0.6) is 5.75 Å². The van der Waals surface area contributed by atoms with Gasteiger partial charge in [0.1, 0.15) is 11.8 Å². The summed E-state index contributed by atoms with van der Waals surface area (Å²) in [5.74, 6) is 2.08. The molecule has 0 unspecified atom stereocenters. The minimum Gasteiger partial charge on any atom is -0.495 e. The van der Waals surface area contributed by atoms with Crippen molar-refractivity contribution in [2.45, 2.75) is 44.3 Å². The molecule has 0 aliphatic carbocycles. The standard InChI is InChI=1S/C23H28N4OS/c1-3-17-15-29-23-25-21(18-8-4-5-11-24-18)22(27(17)23)16-9-10-19(20(14-16)28-2)26-12-6-7-13-26/h4-5,8-11,14,17,21-22H,3,6-7,12-13,15H2,1-2H3/t17-,21-,22+/m1/s1. The number of aromatic nitrogens is 1. The lowest BCUT2D eigenvalue weighted by Gasteiger charge is -2.32. The van der Waals surface area contributed by atoms with E-state index in [0.29, 0.717) is 6.04 Å². The number of rotatable bonds is 5. The molecule has 0 N–H and O–H groups in total. The summed E-state index contributed by atoms with van der Waals surface area (Å²) in [5, 5.41) is 1.17. The highest BCUT2D eigenvalue weighted by Gasteiger charge is 2.45. The number of fused-ring (bicyclic) bond motifs is 1. The zero-order valence-corrected chi connectivity index (χ0v) is 17.9. The number of aliphatic imine (C=N–C) groups is 1. The van der Waals surface area contributed by atoms with Crippen LogP contribution < -0.4 is 9.64 Å². The summed E-state index contributed by atoms with van der Waals surface area (Å²) in [7, 11) is 1.78. The van der Waals surface area contributed by atoms with Gasteiger partial charge in [-0.05, 0) is 49.1 Å². The molecule has 29 heavy (non-hydrogen) atoms. The van der Waals surface area contributed by atoms with Crippen LogP contribution in [0.25, 0.3) is 0 Å². The predicted octanol–water partition coefficient (Wildman–Crippen LogP) is 4.67. The molecule has 5 rings (SSSR count). The van der Waals surface area contributed by atoms with Gasteiger partial charge in [-0.2, -0.15) is 0 Å². The minimum atomic E-state index is 0.0235. The molecular weight excluding hydrogens is 380 g/mol. The first-order valence-electron chi connectivity index (χ1n) is 10.6. The molecule has 0 saturated carbocycles. The SMILES string of the molecule is CC[C@@H]1CSC2=N[C@H](c3ccccn3)[C@H](c3ccc(N4CCCC4)c(OC)c3)N21. The molecule has 2 saturated heterocycles. The molecule has 5 nitrogen and oxygen atoms in total. The Hall–Kier alpha value is -2.21. The number of hydrogen-bond donors (Lipinski definition) is 0. The lowest BCUT2D eigenvalue weighted by molar-refractivity contribution is 0.254. The molecule has 4 heterocycles. The minimum absolute atomic E-state index is 0.0235. The van der Waals surface area contributed by atoms with Crippen LogP contribution in [-0.4, -0.2) is 47.0 Å². The second kappa shape index (κ2) is 7.90. The molecule has 3 aliphatic heterocycles. The number of benzene rings is 1. The van der Waals surface area contributed by atoms with Gasteiger partial charge in [-0.1, -0.05) is 30.8 Å². The number of thioether (sulfide) groups is 1. The van der Waals surface area contributed by atoms with Crippen LogP contribution in [0.15, 0.2) is 47.6 Å². The van der Waals surface area contributed by atoms with Gasteiger partial charge < -0.3 is 14.5 Å². The fraction of sp³-hybridized carbons (Fsp3) is 0.478. The first-order valence-corrected chi connectivity index (χ1v) is 11.6. The van der Waals surface area contributed by atoms with Gasteiger partial charge in [0.2, 0.25) is 0 Å². The van der Waals surface area contributed by atoms with Gasteiger partial charge in [-0.3, -0.25) is 9.98 Å². The van der Waals surface area contributed by atoms with E-state index in [9.17, 15) is 0 Å². The fourth-order valence-electron chi connectivity index (χ4n) is 4.81. The molecule has 152 valence electrons. The van der Waals surface area contributed by atoms with Crippen LogP contribution in [0.3, 0.4) is 0 Å². The first kappa shape index (κ1) is 18.8. The van der Waals surface area contributed by atoms with Crippen molar-refractivity contribution in [1.82, 2.24) is 9.88 Å². The Morgan fingerprint density at radius 2 is 2.03 bits per heavy atom. The summed E-state index contributed by atoms with van der Waals surface area (Å²) in [6.07, 6.45) is 5.52.